The number of aryl methyl sites for hydroxylation is 1. The number of hydrogen-bond donors (Lipinski definition) is 1. The zero-order chi connectivity index (χ0) is 11.5. The number of nitrogens with zero attached hydrogens (tertiary/aromatic N) is 3. The highest BCUT2D eigenvalue weighted by molar-refractivity contribution is 5.92. The van der Waals surface area contributed by atoms with Gasteiger partial charge in [0.2, 0.25) is 0 Å². The van der Waals surface area contributed by atoms with Gasteiger partial charge in [-0.05, 0) is 6.92 Å². The van der Waals surface area contributed by atoms with Crippen molar-refractivity contribution < 1.29 is 4.79 Å². The van der Waals surface area contributed by atoms with Crippen molar-refractivity contribution in [1.29, 1.82) is 0 Å². The van der Waals surface area contributed by atoms with Gasteiger partial charge in [-0.25, -0.2) is 4.98 Å². The predicted octanol–water partition coefficient (Wildman–Crippen LogP) is 0.946. The van der Waals surface area contributed by atoms with Crippen LogP contribution in [0.3, 0.4) is 0 Å². The van der Waals surface area contributed by atoms with Crippen LogP contribution in [0.25, 0.3) is 11.4 Å². The molecule has 0 unspecified atom stereocenters. The zero-order valence-electron chi connectivity index (χ0n) is 8.71. The molecule has 0 aliphatic rings. The minimum absolute atomic E-state index is 0.161. The highest BCUT2D eigenvalue weighted by Gasteiger charge is 2.11. The Kier molecular flexibility index (Phi) is 2.59. The Balaban J connectivity index is 2.52. The summed E-state index contributed by atoms with van der Waals surface area (Å²) in [5.74, 6) is -0.190. The first kappa shape index (κ1) is 10.2. The molecule has 80 valence electrons. The second-order valence-electron chi connectivity index (χ2n) is 3.30. The van der Waals surface area contributed by atoms with Gasteiger partial charge in [0.05, 0.1) is 5.69 Å². The van der Waals surface area contributed by atoms with Gasteiger partial charge in [0.1, 0.15) is 0 Å². The lowest BCUT2D eigenvalue weighted by molar-refractivity contribution is 0.0994. The molecule has 0 saturated heterocycles. The lowest BCUT2D eigenvalue weighted by Gasteiger charge is -2.02. The molecule has 16 heavy (non-hydrogen) atoms. The van der Waals surface area contributed by atoms with Gasteiger partial charge in [-0.2, -0.15) is 5.10 Å². The van der Waals surface area contributed by atoms with Crippen LogP contribution < -0.4 is 5.73 Å². The molecule has 0 spiro atoms. The maximum Gasteiger partial charge on any atom is 0.269 e. The van der Waals surface area contributed by atoms with Gasteiger partial charge in [-0.15, -0.1) is 5.10 Å². The zero-order valence-corrected chi connectivity index (χ0v) is 8.71. The van der Waals surface area contributed by atoms with Crippen LogP contribution >= 0.6 is 0 Å². The molecule has 1 heterocycles. The van der Waals surface area contributed by atoms with Crippen molar-refractivity contribution >= 4 is 5.91 Å². The van der Waals surface area contributed by atoms with E-state index in [-0.39, 0.29) is 5.69 Å². The smallest absolute Gasteiger partial charge is 0.269 e. The topological polar surface area (TPSA) is 81.8 Å². The Bertz CT molecular complexity index is 525. The average molecular weight is 214 g/mol. The average Bonchev–Trinajstić information content (AvgIpc) is 2.30. The number of hydrogen-bond acceptors (Lipinski definition) is 4. The minimum atomic E-state index is -0.593. The number of carbonyl (C=O) groups excluding carboxylic acids is 1. The van der Waals surface area contributed by atoms with E-state index < -0.39 is 5.91 Å². The monoisotopic (exact) mass is 214 g/mol. The first-order valence-corrected chi connectivity index (χ1v) is 4.75. The van der Waals surface area contributed by atoms with Gasteiger partial charge in [0.25, 0.3) is 5.91 Å². The van der Waals surface area contributed by atoms with Crippen molar-refractivity contribution in [3.8, 4) is 11.4 Å². The van der Waals surface area contributed by atoms with Crippen LogP contribution in [-0.2, 0) is 0 Å². The number of benzene rings is 1. The predicted molar refractivity (Wildman–Crippen MR) is 58.5 cm³/mol. The molecule has 1 amide bonds. The maximum atomic E-state index is 11.1. The fourth-order valence-corrected chi connectivity index (χ4v) is 1.32. The molecule has 2 aromatic rings. The second kappa shape index (κ2) is 4.06. The standard InChI is InChI=1S/C11H10N4O/c1-7-9(10(12)16)13-11(15-14-7)8-5-3-2-4-6-8/h2-6H,1H3,(H2,12,16). The van der Waals surface area contributed by atoms with Gasteiger partial charge in [-0.3, -0.25) is 4.79 Å². The van der Waals surface area contributed by atoms with Crippen LogP contribution in [0.15, 0.2) is 30.3 Å². The molecular formula is C11H10N4O. The molecular weight excluding hydrogens is 204 g/mol. The molecule has 0 fully saturated rings. The van der Waals surface area contributed by atoms with Crippen LogP contribution in [0.1, 0.15) is 16.2 Å². The van der Waals surface area contributed by atoms with Crippen LogP contribution in [0.2, 0.25) is 0 Å². The van der Waals surface area contributed by atoms with Crippen molar-refractivity contribution in [2.75, 3.05) is 0 Å². The van der Waals surface area contributed by atoms with E-state index in [1.165, 1.54) is 0 Å². The Hall–Kier alpha value is -2.30. The van der Waals surface area contributed by atoms with E-state index in [1.807, 2.05) is 30.3 Å². The quantitative estimate of drug-likeness (QED) is 0.806. The van der Waals surface area contributed by atoms with Crippen LogP contribution in [0, 0.1) is 6.92 Å². The molecule has 0 atom stereocenters. The highest BCUT2D eigenvalue weighted by Crippen LogP contribution is 2.13. The third kappa shape index (κ3) is 1.88. The molecule has 2 N–H and O–H groups in total. The first-order chi connectivity index (χ1) is 7.68. The van der Waals surface area contributed by atoms with Crippen molar-refractivity contribution in [1.82, 2.24) is 15.2 Å². The molecule has 0 radical (unpaired) electrons. The summed E-state index contributed by atoms with van der Waals surface area (Å²) < 4.78 is 0. The fourth-order valence-electron chi connectivity index (χ4n) is 1.32. The van der Waals surface area contributed by atoms with E-state index >= 15 is 0 Å². The van der Waals surface area contributed by atoms with Gasteiger partial charge in [-0.1, -0.05) is 30.3 Å². The molecule has 0 bridgehead atoms. The number of primary amides is 1. The third-order valence-electron chi connectivity index (χ3n) is 2.12. The summed E-state index contributed by atoms with van der Waals surface area (Å²) in [4.78, 5) is 15.2. The van der Waals surface area contributed by atoms with Gasteiger partial charge in [0.15, 0.2) is 11.5 Å². The molecule has 2 rings (SSSR count). The van der Waals surface area contributed by atoms with Crippen LogP contribution in [0.4, 0.5) is 0 Å². The summed E-state index contributed by atoms with van der Waals surface area (Å²) >= 11 is 0. The van der Waals surface area contributed by atoms with Crippen molar-refractivity contribution in [2.45, 2.75) is 6.92 Å². The van der Waals surface area contributed by atoms with Gasteiger partial charge >= 0.3 is 0 Å². The van der Waals surface area contributed by atoms with E-state index in [0.717, 1.165) is 5.56 Å². The lowest BCUT2D eigenvalue weighted by atomic mass is 10.2. The Morgan fingerprint density at radius 3 is 2.50 bits per heavy atom. The Labute approximate surface area is 92.3 Å². The molecule has 0 aliphatic carbocycles. The summed E-state index contributed by atoms with van der Waals surface area (Å²) in [6, 6.07) is 9.30. The number of rotatable bonds is 2. The third-order valence-corrected chi connectivity index (χ3v) is 2.12. The Morgan fingerprint density at radius 1 is 1.19 bits per heavy atom. The largest absolute Gasteiger partial charge is 0.364 e. The summed E-state index contributed by atoms with van der Waals surface area (Å²) in [6.07, 6.45) is 0. The van der Waals surface area contributed by atoms with Crippen molar-refractivity contribution in [3.63, 3.8) is 0 Å². The number of amides is 1. The second-order valence-corrected chi connectivity index (χ2v) is 3.30. The van der Waals surface area contributed by atoms with Crippen LogP contribution in [-0.4, -0.2) is 21.1 Å². The molecule has 5 nitrogen and oxygen atoms in total. The van der Waals surface area contributed by atoms with Crippen molar-refractivity contribution in [2.24, 2.45) is 5.73 Å². The van der Waals surface area contributed by atoms with E-state index in [4.69, 9.17) is 5.73 Å². The van der Waals surface area contributed by atoms with Gasteiger partial charge < -0.3 is 5.73 Å². The normalized spacial score (nSPS) is 10.1. The molecule has 0 saturated carbocycles. The summed E-state index contributed by atoms with van der Waals surface area (Å²) in [6.45, 7) is 1.65. The van der Waals surface area contributed by atoms with E-state index in [2.05, 4.69) is 15.2 Å². The van der Waals surface area contributed by atoms with E-state index in [9.17, 15) is 4.79 Å². The van der Waals surface area contributed by atoms with Gasteiger partial charge in [0, 0.05) is 5.56 Å². The fraction of sp³-hybridized carbons (Fsp3) is 0.0909. The maximum absolute atomic E-state index is 11.1. The molecule has 1 aromatic heterocycles. The van der Waals surface area contributed by atoms with E-state index in [1.54, 1.807) is 6.92 Å². The summed E-state index contributed by atoms with van der Waals surface area (Å²) in [5.41, 5.74) is 6.59. The molecule has 0 aliphatic heterocycles. The molecule has 1 aromatic carbocycles. The lowest BCUT2D eigenvalue weighted by Crippen LogP contribution is -2.17. The van der Waals surface area contributed by atoms with Crippen molar-refractivity contribution in [3.05, 3.63) is 41.7 Å². The van der Waals surface area contributed by atoms with E-state index in [0.29, 0.717) is 11.5 Å². The SMILES string of the molecule is Cc1nnc(-c2ccccc2)nc1C(N)=O. The Morgan fingerprint density at radius 2 is 1.88 bits per heavy atom. The first-order valence-electron chi connectivity index (χ1n) is 4.75. The molecule has 5 heteroatoms. The highest BCUT2D eigenvalue weighted by atomic mass is 16.1. The summed E-state index contributed by atoms with van der Waals surface area (Å²) in [7, 11) is 0. The number of nitrogens with two attached hydrogens (primary N) is 1. The number of carbonyl (C=O) groups is 1. The minimum Gasteiger partial charge on any atom is -0.364 e. The summed E-state index contributed by atoms with van der Waals surface area (Å²) in [5, 5.41) is 7.79. The number of aromatic nitrogens is 3. The van der Waals surface area contributed by atoms with Crippen LogP contribution in [0.5, 0.6) is 0 Å².